The SMILES string of the molecule is COc1ccc(C[C@H](NC(=O)OC(C)(C)C)C(=O)N[C@H]2C[C@H](n3cc(C)c(=O)[nH]c3=O)O[C@@H]2CO)cc1. The van der Waals surface area contributed by atoms with Crippen molar-refractivity contribution in [1.29, 1.82) is 0 Å². The Hall–Kier alpha value is -3.64. The summed E-state index contributed by atoms with van der Waals surface area (Å²) in [5, 5.41) is 15.3. The Morgan fingerprint density at radius 3 is 2.51 bits per heavy atom. The van der Waals surface area contributed by atoms with Gasteiger partial charge in [0.1, 0.15) is 29.7 Å². The molecule has 2 amide bonds. The van der Waals surface area contributed by atoms with Gasteiger partial charge in [-0.25, -0.2) is 9.59 Å². The zero-order valence-electron chi connectivity index (χ0n) is 21.6. The molecule has 1 aliphatic rings. The van der Waals surface area contributed by atoms with Gasteiger partial charge in [-0.05, 0) is 45.4 Å². The second-order valence-electron chi connectivity index (χ2n) is 9.89. The standard InChI is InChI=1S/C25H34N4O8/c1-14-12-29(23(33)28-21(14)31)20-11-17(19(13-30)36-20)26-22(32)18(27-24(34)37-25(2,3)4)10-15-6-8-16(35-5)9-7-15/h6-9,12,17-20,30H,10-11,13H2,1-5H3,(H,26,32)(H,27,34)(H,28,31,33)/t17-,18-,19+,20+/m0/s1. The maximum Gasteiger partial charge on any atom is 0.408 e. The number of alkyl carbamates (subject to hydrolysis) is 1. The third-order valence-electron chi connectivity index (χ3n) is 5.81. The van der Waals surface area contributed by atoms with E-state index in [-0.39, 0.29) is 12.8 Å². The summed E-state index contributed by atoms with van der Waals surface area (Å²) in [5.74, 6) is 0.136. The molecule has 0 spiro atoms. The van der Waals surface area contributed by atoms with E-state index in [1.165, 1.54) is 10.8 Å². The molecule has 1 aromatic heterocycles. The number of hydrogen-bond donors (Lipinski definition) is 4. The minimum atomic E-state index is -1.00. The first-order chi connectivity index (χ1) is 17.4. The first-order valence-corrected chi connectivity index (χ1v) is 11.9. The van der Waals surface area contributed by atoms with Crippen molar-refractivity contribution in [3.63, 3.8) is 0 Å². The first-order valence-electron chi connectivity index (χ1n) is 11.9. The average molecular weight is 519 g/mol. The van der Waals surface area contributed by atoms with Crippen molar-refractivity contribution in [1.82, 2.24) is 20.2 Å². The number of nitrogens with one attached hydrogen (secondary N) is 3. The van der Waals surface area contributed by atoms with E-state index in [1.54, 1.807) is 59.1 Å². The zero-order valence-corrected chi connectivity index (χ0v) is 21.6. The van der Waals surface area contributed by atoms with E-state index in [4.69, 9.17) is 14.2 Å². The summed E-state index contributed by atoms with van der Waals surface area (Å²) in [5.41, 5.74) is -0.837. The van der Waals surface area contributed by atoms with Crippen LogP contribution in [0.1, 0.15) is 44.5 Å². The van der Waals surface area contributed by atoms with Gasteiger partial charge in [0.15, 0.2) is 0 Å². The number of aryl methyl sites for hydroxylation is 1. The van der Waals surface area contributed by atoms with E-state index in [2.05, 4.69) is 15.6 Å². The third-order valence-corrected chi connectivity index (χ3v) is 5.81. The number of hydrogen-bond acceptors (Lipinski definition) is 8. The summed E-state index contributed by atoms with van der Waals surface area (Å²) < 4.78 is 17.5. The topological polar surface area (TPSA) is 161 Å². The highest BCUT2D eigenvalue weighted by Crippen LogP contribution is 2.27. The number of carbonyl (C=O) groups excluding carboxylic acids is 2. The van der Waals surface area contributed by atoms with Crippen molar-refractivity contribution < 1.29 is 28.9 Å². The number of rotatable bonds is 8. The summed E-state index contributed by atoms with van der Waals surface area (Å²) in [6, 6.07) is 5.40. The minimum absolute atomic E-state index is 0.157. The molecular formula is C25H34N4O8. The van der Waals surface area contributed by atoms with Crippen molar-refractivity contribution >= 4 is 12.0 Å². The van der Waals surface area contributed by atoms with Crippen molar-refractivity contribution in [2.24, 2.45) is 0 Å². The fourth-order valence-electron chi connectivity index (χ4n) is 3.96. The zero-order chi connectivity index (χ0) is 27.3. The lowest BCUT2D eigenvalue weighted by Crippen LogP contribution is -2.53. The lowest BCUT2D eigenvalue weighted by molar-refractivity contribution is -0.124. The average Bonchev–Trinajstić information content (AvgIpc) is 3.22. The Labute approximate surface area is 213 Å². The number of H-pyrrole nitrogens is 1. The molecular weight excluding hydrogens is 484 g/mol. The van der Waals surface area contributed by atoms with E-state index in [0.29, 0.717) is 11.3 Å². The van der Waals surface area contributed by atoms with Crippen LogP contribution in [0.2, 0.25) is 0 Å². The van der Waals surface area contributed by atoms with E-state index in [0.717, 1.165) is 5.56 Å². The van der Waals surface area contributed by atoms with Gasteiger partial charge in [0.05, 0.1) is 19.8 Å². The van der Waals surface area contributed by atoms with E-state index in [1.807, 2.05) is 0 Å². The van der Waals surface area contributed by atoms with Crippen LogP contribution in [0.3, 0.4) is 0 Å². The molecule has 2 aromatic rings. The molecule has 0 bridgehead atoms. The number of methoxy groups -OCH3 is 1. The van der Waals surface area contributed by atoms with E-state index < -0.39 is 59.9 Å². The summed E-state index contributed by atoms with van der Waals surface area (Å²) in [6.45, 7) is 6.29. The molecule has 1 saturated heterocycles. The largest absolute Gasteiger partial charge is 0.497 e. The Morgan fingerprint density at radius 2 is 1.92 bits per heavy atom. The highest BCUT2D eigenvalue weighted by atomic mass is 16.6. The van der Waals surface area contributed by atoms with Gasteiger partial charge < -0.3 is 30.0 Å². The maximum atomic E-state index is 13.3. The lowest BCUT2D eigenvalue weighted by Gasteiger charge is -2.25. The second kappa shape index (κ2) is 11.6. The fraction of sp³-hybridized carbons (Fsp3) is 0.520. The number of benzene rings is 1. The molecule has 4 atom stereocenters. The van der Waals surface area contributed by atoms with Gasteiger partial charge >= 0.3 is 11.8 Å². The van der Waals surface area contributed by atoms with Crippen LogP contribution in [0, 0.1) is 6.92 Å². The van der Waals surface area contributed by atoms with Crippen molar-refractivity contribution in [2.45, 2.75) is 70.6 Å². The van der Waals surface area contributed by atoms with Crippen molar-refractivity contribution in [3.05, 3.63) is 62.4 Å². The van der Waals surface area contributed by atoms with Gasteiger partial charge in [-0.15, -0.1) is 0 Å². The van der Waals surface area contributed by atoms with Crippen LogP contribution in [0.25, 0.3) is 0 Å². The fourth-order valence-corrected chi connectivity index (χ4v) is 3.96. The number of nitrogens with zero attached hydrogens (tertiary/aromatic N) is 1. The Balaban J connectivity index is 1.78. The van der Waals surface area contributed by atoms with Crippen LogP contribution in [-0.2, 0) is 20.7 Å². The molecule has 0 unspecified atom stereocenters. The Bertz CT molecular complexity index is 1210. The summed E-state index contributed by atoms with van der Waals surface area (Å²) >= 11 is 0. The number of amides is 2. The van der Waals surface area contributed by atoms with Gasteiger partial charge in [-0.2, -0.15) is 0 Å². The third kappa shape index (κ3) is 7.43. The van der Waals surface area contributed by atoms with Crippen LogP contribution in [0.15, 0.2) is 40.1 Å². The van der Waals surface area contributed by atoms with Crippen LogP contribution in [0.5, 0.6) is 5.75 Å². The van der Waals surface area contributed by atoms with Gasteiger partial charge in [-0.3, -0.25) is 19.1 Å². The lowest BCUT2D eigenvalue weighted by atomic mass is 10.0. The normalized spacial score (nSPS) is 20.2. The Morgan fingerprint density at radius 1 is 1.24 bits per heavy atom. The smallest absolute Gasteiger partial charge is 0.408 e. The van der Waals surface area contributed by atoms with Crippen LogP contribution < -0.4 is 26.6 Å². The second-order valence-corrected chi connectivity index (χ2v) is 9.89. The minimum Gasteiger partial charge on any atom is -0.497 e. The molecule has 1 aliphatic heterocycles. The number of aromatic amines is 1. The van der Waals surface area contributed by atoms with Crippen molar-refractivity contribution in [3.8, 4) is 5.75 Å². The number of aliphatic hydroxyl groups excluding tert-OH is 1. The molecule has 3 rings (SSSR count). The molecule has 2 heterocycles. The molecule has 12 heteroatoms. The van der Waals surface area contributed by atoms with Crippen LogP contribution in [0.4, 0.5) is 4.79 Å². The molecule has 0 aliphatic carbocycles. The molecule has 37 heavy (non-hydrogen) atoms. The van der Waals surface area contributed by atoms with E-state index >= 15 is 0 Å². The number of aliphatic hydroxyl groups is 1. The van der Waals surface area contributed by atoms with Crippen LogP contribution >= 0.6 is 0 Å². The van der Waals surface area contributed by atoms with Gasteiger partial charge in [-0.1, -0.05) is 12.1 Å². The molecule has 1 aromatic carbocycles. The van der Waals surface area contributed by atoms with Crippen LogP contribution in [-0.4, -0.2) is 64.2 Å². The van der Waals surface area contributed by atoms with Gasteiger partial charge in [0, 0.05) is 24.6 Å². The van der Waals surface area contributed by atoms with Gasteiger partial charge in [0.25, 0.3) is 5.56 Å². The molecule has 202 valence electrons. The molecule has 12 nitrogen and oxygen atoms in total. The van der Waals surface area contributed by atoms with Gasteiger partial charge in [0.2, 0.25) is 5.91 Å². The highest BCUT2D eigenvalue weighted by molar-refractivity contribution is 5.86. The maximum absolute atomic E-state index is 13.3. The number of aromatic nitrogens is 2. The van der Waals surface area contributed by atoms with E-state index in [9.17, 15) is 24.3 Å². The molecule has 0 radical (unpaired) electrons. The molecule has 1 fully saturated rings. The predicted molar refractivity (Wildman–Crippen MR) is 133 cm³/mol. The summed E-state index contributed by atoms with van der Waals surface area (Å²) in [7, 11) is 1.55. The quantitative estimate of drug-likeness (QED) is 0.398. The first kappa shape index (κ1) is 27.9. The molecule has 0 saturated carbocycles. The van der Waals surface area contributed by atoms with Crippen molar-refractivity contribution in [2.75, 3.05) is 13.7 Å². The summed E-state index contributed by atoms with van der Waals surface area (Å²) in [6.07, 6.45) is -0.684. The monoisotopic (exact) mass is 518 g/mol. The number of carbonyl (C=O) groups is 2. The Kier molecular flexibility index (Phi) is 8.77. The molecule has 4 N–H and O–H groups in total. The summed E-state index contributed by atoms with van der Waals surface area (Å²) in [4.78, 5) is 52.1. The predicted octanol–water partition coefficient (Wildman–Crippen LogP) is 0.754. The number of ether oxygens (including phenoxy) is 3. The highest BCUT2D eigenvalue weighted by Gasteiger charge is 2.38.